The Morgan fingerprint density at radius 2 is 1.80 bits per heavy atom. The Morgan fingerprint density at radius 1 is 1.10 bits per heavy atom. The molecule has 0 unspecified atom stereocenters. The standard InChI is InChI=1S/C23H27N3O4/c1-3-8-16-17(9-4-2)26(14-15-10-6-5-7-11-15)18-12-24-21(22(29)20(16)18)23(30)25-13-19(27)28/h5-7,10-12,29H,3-4,8-9,13-14H2,1-2H3,(H,25,30)(H,27,28). The van der Waals surface area contributed by atoms with Crippen LogP contribution in [0.2, 0.25) is 0 Å². The number of hydrogen-bond acceptors (Lipinski definition) is 4. The van der Waals surface area contributed by atoms with E-state index in [4.69, 9.17) is 5.11 Å². The Balaban J connectivity index is 2.17. The second kappa shape index (κ2) is 9.43. The predicted molar refractivity (Wildman–Crippen MR) is 115 cm³/mol. The van der Waals surface area contributed by atoms with E-state index in [2.05, 4.69) is 40.8 Å². The smallest absolute Gasteiger partial charge is 0.322 e. The Kier molecular flexibility index (Phi) is 6.72. The number of hydrogen-bond donors (Lipinski definition) is 3. The first-order chi connectivity index (χ1) is 14.5. The number of amides is 1. The van der Waals surface area contributed by atoms with Gasteiger partial charge >= 0.3 is 5.97 Å². The summed E-state index contributed by atoms with van der Waals surface area (Å²) in [7, 11) is 0. The lowest BCUT2D eigenvalue weighted by molar-refractivity contribution is -0.135. The number of aryl methyl sites for hydroxylation is 1. The van der Waals surface area contributed by atoms with Crippen LogP contribution in [0.5, 0.6) is 5.75 Å². The molecule has 0 radical (unpaired) electrons. The molecule has 0 aliphatic heterocycles. The summed E-state index contributed by atoms with van der Waals surface area (Å²) in [5, 5.41) is 22.7. The summed E-state index contributed by atoms with van der Waals surface area (Å²) in [6.45, 7) is 4.30. The lowest BCUT2D eigenvalue weighted by Crippen LogP contribution is -2.29. The molecular formula is C23H27N3O4. The van der Waals surface area contributed by atoms with Crippen molar-refractivity contribution < 1.29 is 19.8 Å². The molecule has 3 rings (SSSR count). The molecule has 0 aliphatic rings. The van der Waals surface area contributed by atoms with Crippen molar-refractivity contribution in [3.63, 3.8) is 0 Å². The summed E-state index contributed by atoms with van der Waals surface area (Å²) < 4.78 is 2.17. The number of nitrogens with one attached hydrogen (secondary N) is 1. The molecule has 158 valence electrons. The first kappa shape index (κ1) is 21.4. The van der Waals surface area contributed by atoms with Crippen molar-refractivity contribution in [2.45, 2.75) is 46.1 Å². The molecule has 3 N–H and O–H groups in total. The van der Waals surface area contributed by atoms with Crippen LogP contribution in [0.25, 0.3) is 10.9 Å². The average molecular weight is 409 g/mol. The molecule has 0 spiro atoms. The number of rotatable bonds is 9. The van der Waals surface area contributed by atoms with Crippen LogP contribution in [0.3, 0.4) is 0 Å². The third kappa shape index (κ3) is 4.30. The zero-order valence-corrected chi connectivity index (χ0v) is 17.3. The first-order valence-corrected chi connectivity index (χ1v) is 10.2. The summed E-state index contributed by atoms with van der Waals surface area (Å²) in [5.74, 6) is -2.05. The average Bonchev–Trinajstić information content (AvgIpc) is 3.01. The van der Waals surface area contributed by atoms with E-state index in [1.165, 1.54) is 0 Å². The monoisotopic (exact) mass is 409 g/mol. The van der Waals surface area contributed by atoms with Crippen molar-refractivity contribution in [3.05, 3.63) is 59.0 Å². The van der Waals surface area contributed by atoms with Gasteiger partial charge in [-0.25, -0.2) is 4.98 Å². The van der Waals surface area contributed by atoms with Gasteiger partial charge in [0.2, 0.25) is 0 Å². The molecule has 30 heavy (non-hydrogen) atoms. The van der Waals surface area contributed by atoms with Crippen LogP contribution in [0.4, 0.5) is 0 Å². The quantitative estimate of drug-likeness (QED) is 0.502. The number of aromatic hydroxyl groups is 1. The van der Waals surface area contributed by atoms with Crippen molar-refractivity contribution in [2.75, 3.05) is 6.54 Å². The molecule has 0 aliphatic carbocycles. The molecule has 0 atom stereocenters. The van der Waals surface area contributed by atoms with Gasteiger partial charge in [0.1, 0.15) is 6.54 Å². The third-order valence-electron chi connectivity index (χ3n) is 5.09. The molecule has 0 bridgehead atoms. The third-order valence-corrected chi connectivity index (χ3v) is 5.09. The van der Waals surface area contributed by atoms with Crippen LogP contribution >= 0.6 is 0 Å². The summed E-state index contributed by atoms with van der Waals surface area (Å²) in [5.41, 5.74) is 3.92. The van der Waals surface area contributed by atoms with Crippen LogP contribution < -0.4 is 5.32 Å². The molecule has 1 amide bonds. The first-order valence-electron chi connectivity index (χ1n) is 10.2. The molecule has 7 heteroatoms. The Labute approximate surface area is 175 Å². The van der Waals surface area contributed by atoms with Gasteiger partial charge in [-0.15, -0.1) is 0 Å². The molecule has 2 aromatic heterocycles. The highest BCUT2D eigenvalue weighted by atomic mass is 16.4. The Morgan fingerprint density at radius 3 is 2.43 bits per heavy atom. The zero-order valence-electron chi connectivity index (χ0n) is 17.3. The van der Waals surface area contributed by atoms with E-state index >= 15 is 0 Å². The van der Waals surface area contributed by atoms with Gasteiger partial charge in [-0.2, -0.15) is 0 Å². The molecule has 7 nitrogen and oxygen atoms in total. The molecule has 3 aromatic rings. The predicted octanol–water partition coefficient (Wildman–Crippen LogP) is 3.51. The van der Waals surface area contributed by atoms with E-state index in [0.717, 1.165) is 48.0 Å². The van der Waals surface area contributed by atoms with Crippen LogP contribution in [-0.4, -0.2) is 38.2 Å². The van der Waals surface area contributed by atoms with Gasteiger partial charge < -0.3 is 20.1 Å². The fourth-order valence-corrected chi connectivity index (χ4v) is 3.84. The number of pyridine rings is 1. The summed E-state index contributed by atoms with van der Waals surface area (Å²) in [6.07, 6.45) is 5.05. The molecule has 0 saturated heterocycles. The minimum absolute atomic E-state index is 0.152. The van der Waals surface area contributed by atoms with Gasteiger partial charge in [-0.3, -0.25) is 9.59 Å². The molecule has 0 saturated carbocycles. The second-order valence-corrected chi connectivity index (χ2v) is 7.29. The fourth-order valence-electron chi connectivity index (χ4n) is 3.84. The van der Waals surface area contributed by atoms with E-state index in [-0.39, 0.29) is 11.4 Å². The van der Waals surface area contributed by atoms with Gasteiger partial charge in [0.25, 0.3) is 5.91 Å². The number of carboxylic acid groups (broad SMARTS) is 1. The Bertz CT molecular complexity index is 1060. The van der Waals surface area contributed by atoms with Crippen LogP contribution in [0, 0.1) is 0 Å². The van der Waals surface area contributed by atoms with E-state index in [0.29, 0.717) is 11.9 Å². The van der Waals surface area contributed by atoms with Gasteiger partial charge in [0.05, 0.1) is 11.7 Å². The largest absolute Gasteiger partial charge is 0.505 e. The second-order valence-electron chi connectivity index (χ2n) is 7.29. The minimum Gasteiger partial charge on any atom is -0.505 e. The number of carbonyl (C=O) groups is 2. The van der Waals surface area contributed by atoms with Gasteiger partial charge in [-0.1, -0.05) is 57.0 Å². The summed E-state index contributed by atoms with van der Waals surface area (Å²) in [6, 6.07) is 10.1. The normalized spacial score (nSPS) is 11.0. The summed E-state index contributed by atoms with van der Waals surface area (Å²) >= 11 is 0. The maximum absolute atomic E-state index is 12.4. The number of carbonyl (C=O) groups excluding carboxylic acids is 1. The minimum atomic E-state index is -1.16. The SMILES string of the molecule is CCCc1c(CCC)n(Cc2ccccc2)c2cnc(C(=O)NCC(=O)O)c(O)c12. The van der Waals surface area contributed by atoms with Crippen molar-refractivity contribution in [3.8, 4) is 5.75 Å². The number of nitrogens with zero attached hydrogens (tertiary/aromatic N) is 2. The molecule has 2 heterocycles. The van der Waals surface area contributed by atoms with Gasteiger partial charge in [0, 0.05) is 17.6 Å². The lowest BCUT2D eigenvalue weighted by atomic mass is 10.0. The number of aliphatic carboxylic acids is 1. The number of carboxylic acids is 1. The van der Waals surface area contributed by atoms with Crippen molar-refractivity contribution in [2.24, 2.45) is 0 Å². The number of fused-ring (bicyclic) bond motifs is 1. The highest BCUT2D eigenvalue weighted by molar-refractivity contribution is 6.03. The van der Waals surface area contributed by atoms with Crippen LogP contribution in [0.1, 0.15) is 54.0 Å². The van der Waals surface area contributed by atoms with Crippen molar-refractivity contribution >= 4 is 22.8 Å². The van der Waals surface area contributed by atoms with Crippen molar-refractivity contribution in [1.82, 2.24) is 14.9 Å². The van der Waals surface area contributed by atoms with Gasteiger partial charge in [-0.05, 0) is 24.0 Å². The van der Waals surface area contributed by atoms with E-state index < -0.39 is 18.4 Å². The maximum Gasteiger partial charge on any atom is 0.322 e. The van der Waals surface area contributed by atoms with E-state index in [1.807, 2.05) is 18.2 Å². The highest BCUT2D eigenvalue weighted by Gasteiger charge is 2.24. The maximum atomic E-state index is 12.4. The number of benzene rings is 1. The fraction of sp³-hybridized carbons (Fsp3) is 0.348. The molecule has 0 fully saturated rings. The topological polar surface area (TPSA) is 104 Å². The van der Waals surface area contributed by atoms with Crippen LogP contribution in [0.15, 0.2) is 36.5 Å². The highest BCUT2D eigenvalue weighted by Crippen LogP contribution is 2.36. The van der Waals surface area contributed by atoms with Crippen LogP contribution in [-0.2, 0) is 24.2 Å². The number of aromatic nitrogens is 2. The summed E-state index contributed by atoms with van der Waals surface area (Å²) in [4.78, 5) is 27.3. The van der Waals surface area contributed by atoms with E-state index in [1.54, 1.807) is 6.20 Å². The molecule has 1 aromatic carbocycles. The zero-order chi connectivity index (χ0) is 21.7. The lowest BCUT2D eigenvalue weighted by Gasteiger charge is -2.12. The van der Waals surface area contributed by atoms with Gasteiger partial charge in [0.15, 0.2) is 11.4 Å². The molecular weight excluding hydrogens is 382 g/mol. The Hall–Kier alpha value is -3.35. The van der Waals surface area contributed by atoms with Crippen molar-refractivity contribution in [1.29, 1.82) is 0 Å². The van der Waals surface area contributed by atoms with E-state index in [9.17, 15) is 14.7 Å².